The molecule has 0 fully saturated rings. The van der Waals surface area contributed by atoms with Gasteiger partial charge in [-0.2, -0.15) is 0 Å². The summed E-state index contributed by atoms with van der Waals surface area (Å²) in [4.78, 5) is 12.5. The Labute approximate surface area is 88.3 Å². The van der Waals surface area contributed by atoms with Gasteiger partial charge in [-0.3, -0.25) is 4.79 Å². The lowest BCUT2D eigenvalue weighted by molar-refractivity contribution is -0.121. The lowest BCUT2D eigenvalue weighted by Gasteiger charge is -2.13. The van der Waals surface area contributed by atoms with Gasteiger partial charge in [-0.15, -0.1) is 11.3 Å². The summed E-state index contributed by atoms with van der Waals surface area (Å²) in [7, 11) is 0. The molecule has 0 aliphatic rings. The fourth-order valence-electron chi connectivity index (χ4n) is 1.20. The molecule has 1 unspecified atom stereocenters. The van der Waals surface area contributed by atoms with Gasteiger partial charge in [0.05, 0.1) is 6.04 Å². The molecular weight excluding hydrogens is 196 g/mol. The Hall–Kier alpha value is -0.870. The maximum Gasteiger partial charge on any atom is 0.222 e. The molecule has 0 saturated heterocycles. The van der Waals surface area contributed by atoms with Gasteiger partial charge in [-0.05, 0) is 25.3 Å². The molecule has 1 amide bonds. The van der Waals surface area contributed by atoms with Gasteiger partial charge in [-0.1, -0.05) is 6.07 Å². The van der Waals surface area contributed by atoms with Gasteiger partial charge in [-0.25, -0.2) is 0 Å². The maximum absolute atomic E-state index is 11.4. The molecule has 0 saturated carbocycles. The Morgan fingerprint density at radius 1 is 1.64 bits per heavy atom. The van der Waals surface area contributed by atoms with Crippen molar-refractivity contribution < 1.29 is 4.79 Å². The van der Waals surface area contributed by atoms with Gasteiger partial charge in [0.25, 0.3) is 0 Å². The quantitative estimate of drug-likeness (QED) is 0.797. The second-order valence-corrected chi connectivity index (χ2v) is 4.47. The summed E-state index contributed by atoms with van der Waals surface area (Å²) >= 11 is 1.65. The summed E-state index contributed by atoms with van der Waals surface area (Å²) in [5.74, 6) is 0.0147. The summed E-state index contributed by atoms with van der Waals surface area (Å²) < 4.78 is 0. The Morgan fingerprint density at radius 2 is 2.36 bits per heavy atom. The van der Waals surface area contributed by atoms with E-state index in [9.17, 15) is 4.79 Å². The highest BCUT2D eigenvalue weighted by atomic mass is 32.1. The van der Waals surface area contributed by atoms with Crippen LogP contribution < -0.4 is 11.1 Å². The molecule has 14 heavy (non-hydrogen) atoms. The number of nitrogens with two attached hydrogens (primary N) is 1. The molecule has 1 aromatic heterocycles. The molecule has 3 N–H and O–H groups in total. The van der Waals surface area contributed by atoms with Gasteiger partial charge in [0.1, 0.15) is 0 Å². The van der Waals surface area contributed by atoms with Crippen LogP contribution >= 0.6 is 11.3 Å². The largest absolute Gasteiger partial charge is 0.349 e. The first kappa shape index (κ1) is 11.2. The Kier molecular flexibility index (Phi) is 4.10. The first-order valence-electron chi connectivity index (χ1n) is 4.68. The average Bonchev–Trinajstić information content (AvgIpc) is 2.53. The third-order valence-corrected chi connectivity index (χ3v) is 2.91. The molecule has 0 radical (unpaired) electrons. The van der Waals surface area contributed by atoms with Crippen molar-refractivity contribution in [2.24, 2.45) is 5.73 Å². The van der Waals surface area contributed by atoms with E-state index in [0.29, 0.717) is 6.42 Å². The van der Waals surface area contributed by atoms with E-state index < -0.39 is 0 Å². The molecule has 4 heteroatoms. The summed E-state index contributed by atoms with van der Waals surface area (Å²) in [5, 5.41) is 4.91. The van der Waals surface area contributed by atoms with Crippen LogP contribution in [0, 0.1) is 0 Å². The lowest BCUT2D eigenvalue weighted by atomic mass is 10.2. The summed E-state index contributed by atoms with van der Waals surface area (Å²) in [6.45, 7) is 3.81. The van der Waals surface area contributed by atoms with Crippen LogP contribution in [0.25, 0.3) is 0 Å². The van der Waals surface area contributed by atoms with E-state index in [1.807, 2.05) is 31.4 Å². The number of thiophene rings is 1. The molecule has 0 aliphatic heterocycles. The molecule has 0 bridgehead atoms. The molecule has 0 aromatic carbocycles. The molecule has 1 heterocycles. The van der Waals surface area contributed by atoms with Crippen LogP contribution in [0.3, 0.4) is 0 Å². The number of hydrogen-bond acceptors (Lipinski definition) is 3. The first-order chi connectivity index (χ1) is 6.59. The summed E-state index contributed by atoms with van der Waals surface area (Å²) in [5.41, 5.74) is 5.53. The third kappa shape index (κ3) is 3.47. The SMILES string of the molecule is CC(N)CC(=O)N[C@H](C)c1cccs1. The molecule has 0 aliphatic carbocycles. The smallest absolute Gasteiger partial charge is 0.222 e. The highest BCUT2D eigenvalue weighted by Gasteiger charge is 2.11. The lowest BCUT2D eigenvalue weighted by Crippen LogP contribution is -2.31. The summed E-state index contributed by atoms with van der Waals surface area (Å²) in [6, 6.07) is 4.00. The van der Waals surface area contributed by atoms with Crippen LogP contribution in [-0.4, -0.2) is 11.9 Å². The second kappa shape index (κ2) is 5.12. The van der Waals surface area contributed by atoms with Gasteiger partial charge in [0, 0.05) is 17.3 Å². The molecule has 1 rings (SSSR count). The third-order valence-electron chi connectivity index (χ3n) is 1.85. The van der Waals surface area contributed by atoms with E-state index in [4.69, 9.17) is 5.73 Å². The topological polar surface area (TPSA) is 55.1 Å². The second-order valence-electron chi connectivity index (χ2n) is 3.49. The van der Waals surface area contributed by atoms with Crippen LogP contribution in [0.2, 0.25) is 0 Å². The van der Waals surface area contributed by atoms with Crippen LogP contribution in [0.15, 0.2) is 17.5 Å². The predicted octanol–water partition coefficient (Wildman–Crippen LogP) is 1.66. The molecule has 78 valence electrons. The van der Waals surface area contributed by atoms with Crippen LogP contribution in [0.4, 0.5) is 0 Å². The Bertz CT molecular complexity index is 282. The fraction of sp³-hybridized carbons (Fsp3) is 0.500. The number of hydrogen-bond donors (Lipinski definition) is 2. The predicted molar refractivity (Wildman–Crippen MR) is 59.1 cm³/mol. The molecule has 0 spiro atoms. The minimum Gasteiger partial charge on any atom is -0.349 e. The molecule has 3 nitrogen and oxygen atoms in total. The first-order valence-corrected chi connectivity index (χ1v) is 5.56. The van der Waals surface area contributed by atoms with Crippen molar-refractivity contribution in [3.63, 3.8) is 0 Å². The van der Waals surface area contributed by atoms with Gasteiger partial charge < -0.3 is 11.1 Å². The highest BCUT2D eigenvalue weighted by Crippen LogP contribution is 2.17. The van der Waals surface area contributed by atoms with Crippen LogP contribution in [0.1, 0.15) is 31.2 Å². The average molecular weight is 212 g/mol. The summed E-state index contributed by atoms with van der Waals surface area (Å²) in [6.07, 6.45) is 0.385. The van der Waals surface area contributed by atoms with E-state index >= 15 is 0 Å². The van der Waals surface area contributed by atoms with E-state index in [1.165, 1.54) is 4.88 Å². The number of rotatable bonds is 4. The van der Waals surface area contributed by atoms with Crippen LogP contribution in [0.5, 0.6) is 0 Å². The van der Waals surface area contributed by atoms with Crippen molar-refractivity contribution in [2.75, 3.05) is 0 Å². The standard InChI is InChI=1S/C10H16N2OS/c1-7(11)6-10(13)12-8(2)9-4-3-5-14-9/h3-5,7-8H,6,11H2,1-2H3,(H,12,13)/t7?,8-/m1/s1. The Morgan fingerprint density at radius 3 is 2.86 bits per heavy atom. The van der Waals surface area contributed by atoms with Crippen molar-refractivity contribution in [2.45, 2.75) is 32.4 Å². The molecule has 1 aromatic rings. The van der Waals surface area contributed by atoms with E-state index in [2.05, 4.69) is 5.32 Å². The van der Waals surface area contributed by atoms with Crippen molar-refractivity contribution in [1.29, 1.82) is 0 Å². The molecule has 2 atom stereocenters. The zero-order chi connectivity index (χ0) is 10.6. The van der Waals surface area contributed by atoms with Gasteiger partial charge in [0.15, 0.2) is 0 Å². The maximum atomic E-state index is 11.4. The van der Waals surface area contributed by atoms with Gasteiger partial charge >= 0.3 is 0 Å². The number of carbonyl (C=O) groups excluding carboxylic acids is 1. The minimum atomic E-state index is -0.0782. The zero-order valence-corrected chi connectivity index (χ0v) is 9.30. The number of amides is 1. The van der Waals surface area contributed by atoms with Crippen molar-refractivity contribution >= 4 is 17.2 Å². The van der Waals surface area contributed by atoms with Crippen molar-refractivity contribution in [3.8, 4) is 0 Å². The fourth-order valence-corrected chi connectivity index (χ4v) is 1.94. The highest BCUT2D eigenvalue weighted by molar-refractivity contribution is 7.10. The monoisotopic (exact) mass is 212 g/mol. The number of carbonyl (C=O) groups is 1. The molecular formula is C10H16N2OS. The van der Waals surface area contributed by atoms with Gasteiger partial charge in [0.2, 0.25) is 5.91 Å². The van der Waals surface area contributed by atoms with E-state index in [0.717, 1.165) is 0 Å². The van der Waals surface area contributed by atoms with Crippen LogP contribution in [-0.2, 0) is 4.79 Å². The van der Waals surface area contributed by atoms with E-state index in [-0.39, 0.29) is 18.0 Å². The zero-order valence-electron chi connectivity index (χ0n) is 8.49. The van der Waals surface area contributed by atoms with Crippen molar-refractivity contribution in [1.82, 2.24) is 5.32 Å². The van der Waals surface area contributed by atoms with Crippen molar-refractivity contribution in [3.05, 3.63) is 22.4 Å². The Balaban J connectivity index is 2.41. The normalized spacial score (nSPS) is 14.8. The minimum absolute atomic E-state index is 0.0147. The van der Waals surface area contributed by atoms with E-state index in [1.54, 1.807) is 11.3 Å². The number of nitrogens with one attached hydrogen (secondary N) is 1.